The Hall–Kier alpha value is -2.62. The van der Waals surface area contributed by atoms with Crippen LogP contribution in [0.15, 0.2) is 24.3 Å². The van der Waals surface area contributed by atoms with E-state index in [0.29, 0.717) is 6.42 Å². The summed E-state index contributed by atoms with van der Waals surface area (Å²) in [4.78, 5) is 27.4. The van der Waals surface area contributed by atoms with Gasteiger partial charge in [0.25, 0.3) is 0 Å². The summed E-state index contributed by atoms with van der Waals surface area (Å²) in [5, 5.41) is 2.21. The topological polar surface area (TPSA) is 59.2 Å². The lowest BCUT2D eigenvalue weighted by Gasteiger charge is -2.09. The normalized spacial score (nSPS) is 17.0. The highest BCUT2D eigenvalue weighted by molar-refractivity contribution is 6.16. The maximum atomic E-state index is 12.7. The molecule has 0 saturated heterocycles. The number of ether oxygens (including phenoxy) is 1. The van der Waals surface area contributed by atoms with E-state index < -0.39 is 12.1 Å². The SMILES string of the molecule is CC(=O)OC1Cc2c(c(C)c3c([nH]c4ccccc43)c2C)C1=O. The molecular weight excluding hydrogens is 290 g/mol. The maximum absolute atomic E-state index is 12.7. The zero-order chi connectivity index (χ0) is 16.3. The van der Waals surface area contributed by atoms with Crippen molar-refractivity contribution >= 4 is 33.6 Å². The van der Waals surface area contributed by atoms with Crippen LogP contribution in [-0.4, -0.2) is 22.8 Å². The van der Waals surface area contributed by atoms with E-state index in [2.05, 4.69) is 11.1 Å². The fraction of sp³-hybridized carbons (Fsp3) is 0.263. The van der Waals surface area contributed by atoms with Crippen LogP contribution >= 0.6 is 0 Å². The van der Waals surface area contributed by atoms with Gasteiger partial charge in [-0.2, -0.15) is 0 Å². The van der Waals surface area contributed by atoms with E-state index in [4.69, 9.17) is 4.74 Å². The first kappa shape index (κ1) is 14.0. The molecule has 0 aliphatic heterocycles. The van der Waals surface area contributed by atoms with Gasteiger partial charge in [-0.05, 0) is 36.6 Å². The van der Waals surface area contributed by atoms with Crippen molar-refractivity contribution in [1.82, 2.24) is 4.98 Å². The molecule has 4 heteroatoms. The number of aromatic amines is 1. The van der Waals surface area contributed by atoms with Gasteiger partial charge in [-0.1, -0.05) is 18.2 Å². The first-order chi connectivity index (χ1) is 11.0. The van der Waals surface area contributed by atoms with E-state index in [9.17, 15) is 9.59 Å². The average molecular weight is 307 g/mol. The Morgan fingerprint density at radius 1 is 1.22 bits per heavy atom. The summed E-state index contributed by atoms with van der Waals surface area (Å²) >= 11 is 0. The Kier molecular flexibility index (Phi) is 2.85. The number of fused-ring (bicyclic) bond motifs is 4. The third-order valence-corrected chi connectivity index (χ3v) is 4.82. The van der Waals surface area contributed by atoms with E-state index in [1.165, 1.54) is 6.92 Å². The smallest absolute Gasteiger partial charge is 0.303 e. The first-order valence-corrected chi connectivity index (χ1v) is 7.73. The van der Waals surface area contributed by atoms with E-state index in [0.717, 1.165) is 44.1 Å². The lowest BCUT2D eigenvalue weighted by molar-refractivity contribution is -0.144. The summed E-state index contributed by atoms with van der Waals surface area (Å²) in [6.45, 7) is 5.35. The third kappa shape index (κ3) is 1.84. The van der Waals surface area contributed by atoms with Crippen molar-refractivity contribution in [3.05, 3.63) is 46.5 Å². The van der Waals surface area contributed by atoms with Gasteiger partial charge < -0.3 is 9.72 Å². The Bertz CT molecular complexity index is 997. The highest BCUT2D eigenvalue weighted by atomic mass is 16.5. The van der Waals surface area contributed by atoms with Crippen LogP contribution in [0.3, 0.4) is 0 Å². The number of H-pyrrole nitrogens is 1. The molecule has 23 heavy (non-hydrogen) atoms. The summed E-state index contributed by atoms with van der Waals surface area (Å²) < 4.78 is 5.21. The van der Waals surface area contributed by atoms with Crippen molar-refractivity contribution in [2.45, 2.75) is 33.3 Å². The van der Waals surface area contributed by atoms with Crippen LogP contribution in [0.25, 0.3) is 21.8 Å². The van der Waals surface area contributed by atoms with Gasteiger partial charge in [0.2, 0.25) is 5.78 Å². The monoisotopic (exact) mass is 307 g/mol. The van der Waals surface area contributed by atoms with Crippen molar-refractivity contribution in [3.8, 4) is 0 Å². The molecule has 3 aromatic rings. The molecule has 0 fully saturated rings. The summed E-state index contributed by atoms with van der Waals surface area (Å²) in [6.07, 6.45) is -0.219. The van der Waals surface area contributed by atoms with Crippen LogP contribution in [0.5, 0.6) is 0 Å². The van der Waals surface area contributed by atoms with Crippen LogP contribution in [0.2, 0.25) is 0 Å². The highest BCUT2D eigenvalue weighted by Gasteiger charge is 2.36. The van der Waals surface area contributed by atoms with Crippen molar-refractivity contribution in [2.75, 3.05) is 0 Å². The molecule has 0 amide bonds. The molecule has 4 rings (SSSR count). The van der Waals surface area contributed by atoms with Crippen LogP contribution in [-0.2, 0) is 16.0 Å². The maximum Gasteiger partial charge on any atom is 0.303 e. The number of nitrogens with one attached hydrogen (secondary N) is 1. The molecular formula is C19H17NO3. The molecule has 1 atom stereocenters. The molecule has 0 radical (unpaired) electrons. The van der Waals surface area contributed by atoms with Gasteiger partial charge >= 0.3 is 5.97 Å². The fourth-order valence-electron chi connectivity index (χ4n) is 3.83. The summed E-state index contributed by atoms with van der Waals surface area (Å²) in [5.41, 5.74) is 5.90. The highest BCUT2D eigenvalue weighted by Crippen LogP contribution is 2.39. The number of aryl methyl sites for hydroxylation is 2. The predicted octanol–water partition coefficient (Wildman–Crippen LogP) is 3.61. The quantitative estimate of drug-likeness (QED) is 0.699. The number of rotatable bonds is 1. The number of Topliss-reactive ketones (excluding diaryl/α,β-unsaturated/α-hetero) is 1. The number of hydrogen-bond donors (Lipinski definition) is 1. The molecule has 1 heterocycles. The summed E-state index contributed by atoms with van der Waals surface area (Å²) in [7, 11) is 0. The van der Waals surface area contributed by atoms with E-state index in [-0.39, 0.29) is 5.78 Å². The van der Waals surface area contributed by atoms with Crippen LogP contribution in [0.1, 0.15) is 34.0 Å². The minimum atomic E-state index is -0.683. The van der Waals surface area contributed by atoms with Crippen molar-refractivity contribution in [2.24, 2.45) is 0 Å². The lowest BCUT2D eigenvalue weighted by Crippen LogP contribution is -2.22. The Labute approximate surface area is 133 Å². The largest absolute Gasteiger partial charge is 0.454 e. The van der Waals surface area contributed by atoms with Crippen molar-refractivity contribution < 1.29 is 14.3 Å². The van der Waals surface area contributed by atoms with Gasteiger partial charge in [0.05, 0.1) is 5.52 Å². The van der Waals surface area contributed by atoms with Gasteiger partial charge in [-0.25, -0.2) is 0 Å². The second-order valence-corrected chi connectivity index (χ2v) is 6.19. The third-order valence-electron chi connectivity index (χ3n) is 4.82. The molecule has 1 N–H and O–H groups in total. The summed E-state index contributed by atoms with van der Waals surface area (Å²) in [6, 6.07) is 8.11. The van der Waals surface area contributed by atoms with Gasteiger partial charge in [-0.15, -0.1) is 0 Å². The second-order valence-electron chi connectivity index (χ2n) is 6.19. The Balaban J connectivity index is 2.03. The molecule has 1 aliphatic carbocycles. The first-order valence-electron chi connectivity index (χ1n) is 7.73. The molecule has 0 spiro atoms. The van der Waals surface area contributed by atoms with Crippen LogP contribution in [0.4, 0.5) is 0 Å². The minimum absolute atomic E-state index is 0.0806. The second kappa shape index (κ2) is 4.69. The molecule has 0 saturated carbocycles. The minimum Gasteiger partial charge on any atom is -0.454 e. The molecule has 4 nitrogen and oxygen atoms in total. The van der Waals surface area contributed by atoms with Gasteiger partial charge in [0.1, 0.15) is 0 Å². The zero-order valence-electron chi connectivity index (χ0n) is 13.3. The number of benzene rings is 2. The van der Waals surface area contributed by atoms with Gasteiger partial charge in [-0.3, -0.25) is 9.59 Å². The Morgan fingerprint density at radius 2 is 1.96 bits per heavy atom. The predicted molar refractivity (Wildman–Crippen MR) is 88.9 cm³/mol. The van der Waals surface area contributed by atoms with E-state index in [1.54, 1.807) is 0 Å². The molecule has 2 aromatic carbocycles. The van der Waals surface area contributed by atoms with Crippen LogP contribution < -0.4 is 0 Å². The van der Waals surface area contributed by atoms with Crippen molar-refractivity contribution in [3.63, 3.8) is 0 Å². The number of ketones is 1. The number of carbonyl (C=O) groups is 2. The average Bonchev–Trinajstić information content (AvgIpc) is 3.04. The number of hydrogen-bond acceptors (Lipinski definition) is 3. The molecule has 116 valence electrons. The summed E-state index contributed by atoms with van der Waals surface area (Å²) in [5.74, 6) is -0.495. The zero-order valence-corrected chi connectivity index (χ0v) is 13.3. The van der Waals surface area contributed by atoms with E-state index in [1.807, 2.05) is 32.0 Å². The fourth-order valence-corrected chi connectivity index (χ4v) is 3.83. The number of carbonyl (C=O) groups excluding carboxylic acids is 2. The number of para-hydroxylation sites is 1. The number of aromatic nitrogens is 1. The van der Waals surface area contributed by atoms with Gasteiger partial charge in [0, 0.05) is 35.2 Å². The van der Waals surface area contributed by atoms with E-state index >= 15 is 0 Å². The van der Waals surface area contributed by atoms with Crippen molar-refractivity contribution in [1.29, 1.82) is 0 Å². The van der Waals surface area contributed by atoms with Crippen LogP contribution in [0, 0.1) is 13.8 Å². The molecule has 1 aromatic heterocycles. The standard InChI is InChI=1S/C19H17NO3/c1-9-13-8-15(23-11(3)21)19(22)17(13)10(2)16-12-6-4-5-7-14(12)20-18(9)16/h4-7,15,20H,8H2,1-3H3. The molecule has 0 bridgehead atoms. The Morgan fingerprint density at radius 3 is 2.70 bits per heavy atom. The van der Waals surface area contributed by atoms with Gasteiger partial charge in [0.15, 0.2) is 6.10 Å². The number of esters is 1. The molecule has 1 unspecified atom stereocenters. The molecule has 1 aliphatic rings. The lowest BCUT2D eigenvalue weighted by atomic mass is 9.94.